The van der Waals surface area contributed by atoms with Crippen LogP contribution in [0, 0.1) is 0 Å². The number of aromatic nitrogens is 2. The fraction of sp³-hybridized carbons (Fsp3) is 0.200. The molecule has 0 spiro atoms. The van der Waals surface area contributed by atoms with Gasteiger partial charge in [0.25, 0.3) is 6.47 Å². The summed E-state index contributed by atoms with van der Waals surface area (Å²) in [5.74, 6) is 0.995. The number of imidazole rings is 1. The number of halogens is 2. The van der Waals surface area contributed by atoms with Crippen LogP contribution in [0.3, 0.4) is 0 Å². The molecule has 0 saturated carbocycles. The number of fused-ring (bicyclic) bond motifs is 1. The summed E-state index contributed by atoms with van der Waals surface area (Å²) in [6.07, 6.45) is 0. The molecule has 16 heavy (non-hydrogen) atoms. The lowest BCUT2D eigenvalue weighted by Crippen LogP contribution is -1.96. The molecule has 4 nitrogen and oxygen atoms in total. The summed E-state index contributed by atoms with van der Waals surface area (Å²) in [6, 6.07) is 5.13. The molecule has 0 unspecified atom stereocenters. The maximum absolute atomic E-state index is 10.2. The van der Waals surface area contributed by atoms with Gasteiger partial charge in [-0.05, 0) is 12.1 Å². The highest BCUT2D eigenvalue weighted by atomic mass is 35.5. The van der Waals surface area contributed by atoms with Gasteiger partial charge in [-0.15, -0.1) is 0 Å². The lowest BCUT2D eigenvalue weighted by atomic mass is 10.3. The molecule has 0 amide bonds. The molecule has 2 rings (SSSR count). The zero-order valence-electron chi connectivity index (χ0n) is 8.35. The van der Waals surface area contributed by atoms with Crippen LogP contribution in [-0.4, -0.2) is 16.0 Å². The Balaban J connectivity index is 2.58. The summed E-state index contributed by atoms with van der Waals surface area (Å²) < 4.78 is 6.52. The van der Waals surface area contributed by atoms with Gasteiger partial charge in [0.05, 0.1) is 11.0 Å². The lowest BCUT2D eigenvalue weighted by molar-refractivity contribution is -0.120. The Morgan fingerprint density at radius 1 is 1.50 bits per heavy atom. The predicted molar refractivity (Wildman–Crippen MR) is 61.9 cm³/mol. The maximum Gasteiger partial charge on any atom is 0.298 e. The lowest BCUT2D eigenvalue weighted by Gasteiger charge is -2.01. The van der Waals surface area contributed by atoms with Crippen LogP contribution in [0.5, 0.6) is 5.75 Å². The highest BCUT2D eigenvalue weighted by Gasteiger charge is 2.14. The first-order valence-electron chi connectivity index (χ1n) is 4.48. The van der Waals surface area contributed by atoms with Crippen molar-refractivity contribution in [2.75, 3.05) is 0 Å². The number of rotatable bonds is 3. The summed E-state index contributed by atoms with van der Waals surface area (Å²) in [6.45, 7) is 0.372. The molecule has 0 aliphatic carbocycles. The van der Waals surface area contributed by atoms with E-state index in [1.165, 1.54) is 0 Å². The van der Waals surface area contributed by atoms with Crippen LogP contribution in [0.15, 0.2) is 18.2 Å². The van der Waals surface area contributed by atoms with Crippen LogP contribution in [0.2, 0.25) is 0 Å². The van der Waals surface area contributed by atoms with E-state index in [-0.39, 0.29) is 0 Å². The Bertz CT molecular complexity index is 537. The molecule has 0 atom stereocenters. The van der Waals surface area contributed by atoms with Gasteiger partial charge < -0.3 is 9.30 Å². The number of ether oxygens (including phenoxy) is 1. The Hall–Kier alpha value is -1.26. The monoisotopic (exact) mass is 258 g/mol. The molecule has 0 aliphatic heterocycles. The molecule has 2 aromatic rings. The average Bonchev–Trinajstić information content (AvgIpc) is 2.56. The fourth-order valence-corrected chi connectivity index (χ4v) is 1.91. The molecule has 0 fully saturated rings. The van der Waals surface area contributed by atoms with Gasteiger partial charge in [0.1, 0.15) is 11.6 Å². The second-order valence-corrected chi connectivity index (χ2v) is 4.29. The van der Waals surface area contributed by atoms with Gasteiger partial charge in [-0.25, -0.2) is 4.98 Å². The molecule has 1 aromatic carbocycles. The molecule has 6 heteroatoms. The molecular weight excluding hydrogens is 251 g/mol. The zero-order chi connectivity index (χ0) is 11.7. The Morgan fingerprint density at radius 2 is 2.25 bits per heavy atom. The number of aryl methyl sites for hydroxylation is 1. The van der Waals surface area contributed by atoms with Crippen molar-refractivity contribution < 1.29 is 9.53 Å². The van der Waals surface area contributed by atoms with Crippen molar-refractivity contribution in [3.63, 3.8) is 0 Å². The minimum atomic E-state index is -0.687. The topological polar surface area (TPSA) is 44.1 Å². The third kappa shape index (κ3) is 1.86. The average molecular weight is 259 g/mol. The van der Waals surface area contributed by atoms with Crippen LogP contribution < -0.4 is 4.74 Å². The van der Waals surface area contributed by atoms with E-state index < -0.39 is 4.84 Å². The second-order valence-electron chi connectivity index (χ2n) is 3.19. The van der Waals surface area contributed by atoms with Crippen molar-refractivity contribution in [2.24, 2.45) is 7.05 Å². The summed E-state index contributed by atoms with van der Waals surface area (Å²) in [5.41, 5.74) is 1.56. The van der Waals surface area contributed by atoms with E-state index in [0.717, 1.165) is 5.52 Å². The minimum Gasteiger partial charge on any atom is -0.429 e. The van der Waals surface area contributed by atoms with Crippen molar-refractivity contribution in [3.8, 4) is 5.75 Å². The van der Waals surface area contributed by atoms with Crippen LogP contribution in [-0.2, 0) is 11.8 Å². The third-order valence-electron chi connectivity index (χ3n) is 2.27. The number of benzene rings is 1. The largest absolute Gasteiger partial charge is 0.429 e. The Labute approximate surface area is 102 Å². The van der Waals surface area contributed by atoms with E-state index >= 15 is 0 Å². The Morgan fingerprint density at radius 3 is 2.88 bits per heavy atom. The molecule has 84 valence electrons. The summed E-state index contributed by atoms with van der Waals surface area (Å²) in [5, 5.41) is 0. The molecule has 0 aliphatic rings. The van der Waals surface area contributed by atoms with E-state index in [0.29, 0.717) is 23.6 Å². The number of hydrogen-bond acceptors (Lipinski definition) is 3. The van der Waals surface area contributed by atoms with Crippen LogP contribution in [0.1, 0.15) is 10.7 Å². The first kappa shape index (κ1) is 11.2. The van der Waals surface area contributed by atoms with Crippen molar-refractivity contribution in [3.05, 3.63) is 24.0 Å². The van der Waals surface area contributed by atoms with Crippen LogP contribution in [0.4, 0.5) is 0 Å². The number of hydrogen-bond donors (Lipinski definition) is 0. The van der Waals surface area contributed by atoms with Gasteiger partial charge in [0.2, 0.25) is 0 Å². The summed E-state index contributed by atoms with van der Waals surface area (Å²) >= 11 is 11.6. The minimum absolute atomic E-state index is 0.372. The number of carbonyl (C=O) groups excluding carboxylic acids is 1. The quantitative estimate of drug-likeness (QED) is 0.628. The van der Waals surface area contributed by atoms with E-state index in [1.807, 2.05) is 7.05 Å². The van der Waals surface area contributed by atoms with Crippen LogP contribution >= 0.6 is 23.2 Å². The zero-order valence-corrected chi connectivity index (χ0v) is 9.87. The number of nitrogens with zero attached hydrogens (tertiary/aromatic N) is 2. The van der Waals surface area contributed by atoms with Gasteiger partial charge in [0, 0.05) is 13.1 Å². The van der Waals surface area contributed by atoms with Gasteiger partial charge in [-0.3, -0.25) is 4.79 Å². The molecule has 0 bridgehead atoms. The molecule has 0 N–H and O–H groups in total. The van der Waals surface area contributed by atoms with Gasteiger partial charge in [0.15, 0.2) is 4.84 Å². The summed E-state index contributed by atoms with van der Waals surface area (Å²) in [7, 11) is 1.82. The second kappa shape index (κ2) is 4.31. The first-order chi connectivity index (χ1) is 7.63. The van der Waals surface area contributed by atoms with Gasteiger partial charge >= 0.3 is 0 Å². The molecular formula is C10H8Cl2N2O2. The van der Waals surface area contributed by atoms with Crippen molar-refractivity contribution >= 4 is 40.7 Å². The first-order valence-corrected chi connectivity index (χ1v) is 5.35. The number of alkyl halides is 2. The van der Waals surface area contributed by atoms with Gasteiger partial charge in [-0.1, -0.05) is 23.2 Å². The smallest absolute Gasteiger partial charge is 0.298 e. The summed E-state index contributed by atoms with van der Waals surface area (Å²) in [4.78, 5) is 13.8. The predicted octanol–water partition coefficient (Wildman–Crippen LogP) is 2.58. The van der Waals surface area contributed by atoms with Crippen molar-refractivity contribution in [1.82, 2.24) is 9.55 Å². The van der Waals surface area contributed by atoms with Crippen molar-refractivity contribution in [1.29, 1.82) is 0 Å². The van der Waals surface area contributed by atoms with E-state index in [9.17, 15) is 4.79 Å². The van der Waals surface area contributed by atoms with Crippen molar-refractivity contribution in [2.45, 2.75) is 4.84 Å². The molecule has 0 radical (unpaired) electrons. The molecule has 0 saturated heterocycles. The maximum atomic E-state index is 10.2. The molecule has 1 heterocycles. The normalized spacial score (nSPS) is 11.0. The number of carbonyl (C=O) groups is 1. The van der Waals surface area contributed by atoms with Crippen LogP contribution in [0.25, 0.3) is 11.0 Å². The highest BCUT2D eigenvalue weighted by molar-refractivity contribution is 6.43. The highest BCUT2D eigenvalue weighted by Crippen LogP contribution is 2.28. The van der Waals surface area contributed by atoms with E-state index in [1.54, 1.807) is 22.8 Å². The SMILES string of the molecule is Cn1c(C(Cl)Cl)nc2cc(OC=O)ccc21. The molecule has 1 aromatic heterocycles. The standard InChI is InChI=1S/C10H8Cl2N2O2/c1-14-8-3-2-6(16-5-15)4-7(8)13-10(14)9(11)12/h2-5,9H,1H3. The van der Waals surface area contributed by atoms with Gasteiger partial charge in [-0.2, -0.15) is 0 Å². The fourth-order valence-electron chi connectivity index (χ4n) is 1.52. The Kier molecular flexibility index (Phi) is 3.03. The van der Waals surface area contributed by atoms with E-state index in [4.69, 9.17) is 27.9 Å². The van der Waals surface area contributed by atoms with E-state index in [2.05, 4.69) is 4.98 Å². The third-order valence-corrected chi connectivity index (χ3v) is 2.66.